The highest BCUT2D eigenvalue weighted by Gasteiger charge is 2.32. The first-order chi connectivity index (χ1) is 11.6. The maximum atomic E-state index is 12.6. The Morgan fingerprint density at radius 2 is 1.88 bits per heavy atom. The van der Waals surface area contributed by atoms with Crippen LogP contribution in [-0.4, -0.2) is 10.9 Å². The molecule has 8 heteroatoms. The van der Waals surface area contributed by atoms with Gasteiger partial charge in [0, 0.05) is 12.7 Å². The molecule has 1 aromatic heterocycles. The Hall–Kier alpha value is -2.59. The summed E-state index contributed by atoms with van der Waals surface area (Å²) in [5.41, 5.74) is 1.67. The molecule has 0 aliphatic carbocycles. The highest BCUT2D eigenvalue weighted by Crippen LogP contribution is 2.31. The molecule has 0 atom stereocenters. The Labute approximate surface area is 147 Å². The summed E-state index contributed by atoms with van der Waals surface area (Å²) in [5.74, 6) is -0.679. The zero-order valence-electron chi connectivity index (χ0n) is 13.3. The number of hydrogen-bond donors (Lipinski definition) is 1. The monoisotopic (exact) mass is 367 g/mol. The fourth-order valence-electron chi connectivity index (χ4n) is 2.35. The lowest BCUT2D eigenvalue weighted by Gasteiger charge is -2.13. The quantitative estimate of drug-likeness (QED) is 0.885. The van der Waals surface area contributed by atoms with Crippen molar-refractivity contribution in [3.05, 3.63) is 62.9 Å². The number of rotatable bonds is 3. The molecular formula is C17H13ClF3N3O. The molecule has 1 heterocycles. The van der Waals surface area contributed by atoms with Gasteiger partial charge in [-0.2, -0.15) is 18.4 Å². The molecule has 2 aromatic rings. The average molecular weight is 368 g/mol. The van der Waals surface area contributed by atoms with Crippen molar-refractivity contribution in [1.82, 2.24) is 10.3 Å². The van der Waals surface area contributed by atoms with Crippen LogP contribution in [0, 0.1) is 25.2 Å². The van der Waals surface area contributed by atoms with Gasteiger partial charge < -0.3 is 5.32 Å². The number of nitrogens with one attached hydrogen (secondary N) is 1. The van der Waals surface area contributed by atoms with E-state index in [1.807, 2.05) is 6.07 Å². The van der Waals surface area contributed by atoms with Crippen LogP contribution in [0.5, 0.6) is 0 Å². The van der Waals surface area contributed by atoms with Crippen LogP contribution < -0.4 is 5.32 Å². The summed E-state index contributed by atoms with van der Waals surface area (Å²) < 4.78 is 37.8. The van der Waals surface area contributed by atoms with Crippen LogP contribution in [0.4, 0.5) is 13.2 Å². The number of nitrogens with zero attached hydrogens (tertiary/aromatic N) is 2. The highest BCUT2D eigenvalue weighted by atomic mass is 35.5. The smallest absolute Gasteiger partial charge is 0.347 e. The van der Waals surface area contributed by atoms with Gasteiger partial charge in [0.1, 0.15) is 5.69 Å². The minimum Gasteiger partial charge on any atom is -0.347 e. The summed E-state index contributed by atoms with van der Waals surface area (Å²) in [6.45, 7) is 3.75. The van der Waals surface area contributed by atoms with Crippen LogP contribution in [0.1, 0.15) is 38.3 Å². The summed E-state index contributed by atoms with van der Waals surface area (Å²) in [6.07, 6.45) is -4.01. The molecule has 2 rings (SSSR count). The van der Waals surface area contributed by atoms with Crippen molar-refractivity contribution in [2.45, 2.75) is 26.6 Å². The third-order valence-electron chi connectivity index (χ3n) is 3.63. The molecule has 0 saturated carbocycles. The van der Waals surface area contributed by atoms with Crippen LogP contribution in [-0.2, 0) is 12.7 Å². The fourth-order valence-corrected chi connectivity index (χ4v) is 2.60. The number of pyridine rings is 1. The van der Waals surface area contributed by atoms with E-state index in [0.717, 1.165) is 16.7 Å². The number of benzene rings is 1. The first-order valence-electron chi connectivity index (χ1n) is 7.14. The number of amides is 1. The lowest BCUT2D eigenvalue weighted by atomic mass is 9.99. The van der Waals surface area contributed by atoms with E-state index in [1.165, 1.54) is 0 Å². The number of aryl methyl sites for hydroxylation is 2. The van der Waals surface area contributed by atoms with Crippen molar-refractivity contribution in [3.63, 3.8) is 0 Å². The van der Waals surface area contributed by atoms with Gasteiger partial charge in [-0.25, -0.2) is 4.98 Å². The average Bonchev–Trinajstić information content (AvgIpc) is 2.52. The molecule has 1 N–H and O–H groups in total. The highest BCUT2D eigenvalue weighted by molar-refractivity contribution is 6.33. The summed E-state index contributed by atoms with van der Waals surface area (Å²) in [4.78, 5) is 15.7. The summed E-state index contributed by atoms with van der Waals surface area (Å²) in [5, 5.41) is 11.1. The van der Waals surface area contributed by atoms with E-state index in [0.29, 0.717) is 17.8 Å². The standard InChI is InChI=1S/C17H13ClF3N3O/c1-9-3-11(6-22)4-10(2)13(9)8-24-16(25)15-14(18)5-12(7-23-15)17(19,20)21/h3-5,7H,8H2,1-2H3,(H,24,25). The number of aromatic nitrogens is 1. The summed E-state index contributed by atoms with van der Waals surface area (Å²) in [6, 6.07) is 6.10. The van der Waals surface area contributed by atoms with Crippen LogP contribution >= 0.6 is 11.6 Å². The molecule has 0 unspecified atom stereocenters. The Bertz CT molecular complexity index is 849. The Morgan fingerprint density at radius 1 is 1.28 bits per heavy atom. The number of alkyl halides is 3. The first kappa shape index (κ1) is 18.7. The van der Waals surface area contributed by atoms with Gasteiger partial charge >= 0.3 is 6.18 Å². The predicted octanol–water partition coefficient (Wildman–Crippen LogP) is 4.17. The second kappa shape index (κ2) is 7.11. The molecule has 0 aliphatic rings. The number of nitriles is 1. The molecule has 1 aromatic carbocycles. The summed E-state index contributed by atoms with van der Waals surface area (Å²) >= 11 is 5.75. The molecule has 130 valence electrons. The topological polar surface area (TPSA) is 65.8 Å². The molecule has 1 amide bonds. The van der Waals surface area contributed by atoms with Gasteiger partial charge in [-0.3, -0.25) is 4.79 Å². The van der Waals surface area contributed by atoms with Crippen LogP contribution in [0.3, 0.4) is 0 Å². The van der Waals surface area contributed by atoms with Crippen LogP contribution in [0.25, 0.3) is 0 Å². The second-order valence-electron chi connectivity index (χ2n) is 5.44. The lowest BCUT2D eigenvalue weighted by Crippen LogP contribution is -2.25. The van der Waals surface area contributed by atoms with E-state index >= 15 is 0 Å². The molecule has 4 nitrogen and oxygen atoms in total. The zero-order chi connectivity index (χ0) is 18.8. The zero-order valence-corrected chi connectivity index (χ0v) is 14.1. The van der Waals surface area contributed by atoms with Crippen molar-refractivity contribution in [2.24, 2.45) is 0 Å². The van der Waals surface area contributed by atoms with Crippen LogP contribution in [0.2, 0.25) is 5.02 Å². The third-order valence-corrected chi connectivity index (χ3v) is 3.92. The molecule has 0 radical (unpaired) electrons. The maximum Gasteiger partial charge on any atom is 0.417 e. The predicted molar refractivity (Wildman–Crippen MR) is 86.1 cm³/mol. The number of hydrogen-bond acceptors (Lipinski definition) is 3. The third kappa shape index (κ3) is 4.28. The van der Waals surface area contributed by atoms with Crippen molar-refractivity contribution >= 4 is 17.5 Å². The van der Waals surface area contributed by atoms with Gasteiger partial charge in [-0.05, 0) is 48.7 Å². The number of halogens is 4. The van der Waals surface area contributed by atoms with E-state index < -0.39 is 17.6 Å². The lowest BCUT2D eigenvalue weighted by molar-refractivity contribution is -0.137. The fraction of sp³-hybridized carbons (Fsp3) is 0.235. The van der Waals surface area contributed by atoms with Crippen molar-refractivity contribution < 1.29 is 18.0 Å². The number of carbonyl (C=O) groups is 1. The van der Waals surface area contributed by atoms with Gasteiger partial charge in [0.25, 0.3) is 5.91 Å². The molecule has 25 heavy (non-hydrogen) atoms. The van der Waals surface area contributed by atoms with E-state index in [4.69, 9.17) is 16.9 Å². The Morgan fingerprint density at radius 3 is 2.36 bits per heavy atom. The minimum absolute atomic E-state index is 0.140. The first-order valence-corrected chi connectivity index (χ1v) is 7.52. The Kier molecular flexibility index (Phi) is 5.33. The Balaban J connectivity index is 2.18. The molecular weight excluding hydrogens is 355 g/mol. The number of carbonyl (C=O) groups excluding carboxylic acids is 1. The maximum absolute atomic E-state index is 12.6. The molecule has 0 spiro atoms. The largest absolute Gasteiger partial charge is 0.417 e. The van der Waals surface area contributed by atoms with Crippen molar-refractivity contribution in [1.29, 1.82) is 5.26 Å². The molecule has 0 saturated heterocycles. The molecule has 0 aliphatic heterocycles. The minimum atomic E-state index is -4.58. The van der Waals surface area contributed by atoms with Gasteiger partial charge in [0.2, 0.25) is 0 Å². The van der Waals surface area contributed by atoms with Gasteiger partial charge in [-0.1, -0.05) is 11.6 Å². The van der Waals surface area contributed by atoms with Crippen molar-refractivity contribution in [3.8, 4) is 6.07 Å². The van der Waals surface area contributed by atoms with E-state index in [9.17, 15) is 18.0 Å². The SMILES string of the molecule is Cc1cc(C#N)cc(C)c1CNC(=O)c1ncc(C(F)(F)F)cc1Cl. The van der Waals surface area contributed by atoms with Crippen LogP contribution in [0.15, 0.2) is 24.4 Å². The van der Waals surface area contributed by atoms with Gasteiger partial charge in [0.05, 0.1) is 22.2 Å². The second-order valence-corrected chi connectivity index (χ2v) is 5.84. The summed E-state index contributed by atoms with van der Waals surface area (Å²) in [7, 11) is 0. The van der Waals surface area contributed by atoms with Gasteiger partial charge in [0.15, 0.2) is 0 Å². The molecule has 0 bridgehead atoms. The van der Waals surface area contributed by atoms with Crippen molar-refractivity contribution in [2.75, 3.05) is 0 Å². The van der Waals surface area contributed by atoms with E-state index in [-0.39, 0.29) is 17.3 Å². The van der Waals surface area contributed by atoms with E-state index in [2.05, 4.69) is 10.3 Å². The normalized spacial score (nSPS) is 11.1. The van der Waals surface area contributed by atoms with E-state index in [1.54, 1.807) is 26.0 Å². The molecule has 0 fully saturated rings. The van der Waals surface area contributed by atoms with Gasteiger partial charge in [-0.15, -0.1) is 0 Å².